The van der Waals surface area contributed by atoms with Crippen molar-refractivity contribution in [3.8, 4) is 0 Å². The molecule has 1 unspecified atom stereocenters. The molecule has 8 heteroatoms. The minimum absolute atomic E-state index is 0.0225. The number of hydrogen-bond acceptors (Lipinski definition) is 6. The Morgan fingerprint density at radius 3 is 2.85 bits per heavy atom. The maximum Gasteiger partial charge on any atom is 0.256 e. The molecule has 1 N–H and O–H groups in total. The molecule has 0 spiro atoms. The first-order chi connectivity index (χ1) is 6.02. The zero-order valence-electron chi connectivity index (χ0n) is 6.71. The fraction of sp³-hybridized carbons (Fsp3) is 0.600. The van der Waals surface area contributed by atoms with E-state index in [1.165, 1.54) is 6.92 Å². The van der Waals surface area contributed by atoms with Gasteiger partial charge < -0.3 is 10.3 Å². The van der Waals surface area contributed by atoms with Crippen LogP contribution in [0.4, 0.5) is 0 Å². The molecule has 0 saturated heterocycles. The molecule has 1 atom stereocenters. The molecule has 1 aromatic rings. The van der Waals surface area contributed by atoms with Crippen molar-refractivity contribution in [3.63, 3.8) is 0 Å². The Bertz CT molecular complexity index is 322. The summed E-state index contributed by atoms with van der Waals surface area (Å²) in [6.07, 6.45) is -1.41. The largest absolute Gasteiger partial charge is 0.378 e. The molecule has 72 valence electrons. The van der Waals surface area contributed by atoms with E-state index in [1.54, 1.807) is 0 Å². The molecule has 0 aliphatic rings. The molecule has 1 rings (SSSR count). The average Bonchev–Trinajstić information content (AvgIpc) is 2.31. The van der Waals surface area contributed by atoms with E-state index >= 15 is 0 Å². The van der Waals surface area contributed by atoms with Crippen LogP contribution in [0.5, 0.6) is 0 Å². The van der Waals surface area contributed by atoms with Gasteiger partial charge in [0.2, 0.25) is 6.54 Å². The summed E-state index contributed by atoms with van der Waals surface area (Å²) >= 11 is 0. The number of aromatic nitrogens is 2. The lowest BCUT2D eigenvalue weighted by molar-refractivity contribution is -0.807. The van der Waals surface area contributed by atoms with E-state index in [2.05, 4.69) is 9.79 Å². The number of nitrogens with zero attached hydrogens (tertiary/aromatic N) is 3. The van der Waals surface area contributed by atoms with Crippen molar-refractivity contribution in [2.75, 3.05) is 6.54 Å². The predicted molar refractivity (Wildman–Crippen MR) is 37.0 cm³/mol. The Morgan fingerprint density at radius 1 is 1.85 bits per heavy atom. The van der Waals surface area contributed by atoms with Crippen molar-refractivity contribution >= 4 is 0 Å². The molecule has 0 aliphatic heterocycles. The zero-order valence-corrected chi connectivity index (χ0v) is 6.71. The van der Waals surface area contributed by atoms with Crippen LogP contribution in [0.1, 0.15) is 17.5 Å². The zero-order chi connectivity index (χ0) is 10.0. The van der Waals surface area contributed by atoms with Gasteiger partial charge in [0.25, 0.3) is 5.69 Å². The second kappa shape index (κ2) is 3.35. The van der Waals surface area contributed by atoms with Gasteiger partial charge in [0.1, 0.15) is 0 Å². The Labute approximate surface area is 72.1 Å². The summed E-state index contributed by atoms with van der Waals surface area (Å²) in [6.45, 7) is 0.648. The molecule has 0 bridgehead atoms. The number of aliphatic hydroxyl groups is 1. The molecule has 0 aliphatic carbocycles. The molecule has 0 radical (unpaired) electrons. The summed E-state index contributed by atoms with van der Waals surface area (Å²) in [7, 11) is 0. The summed E-state index contributed by atoms with van der Waals surface area (Å²) < 4.78 is 4.13. The number of rotatable bonds is 3. The molecule has 1 heterocycles. The normalized spacial score (nSPS) is 12.8. The smallest absolute Gasteiger partial charge is 0.256 e. The highest BCUT2D eigenvalue weighted by Gasteiger charge is 2.26. The van der Waals surface area contributed by atoms with E-state index in [-0.39, 0.29) is 16.3 Å². The van der Waals surface area contributed by atoms with Gasteiger partial charge in [-0.2, -0.15) is 0 Å². The van der Waals surface area contributed by atoms with E-state index in [9.17, 15) is 15.3 Å². The van der Waals surface area contributed by atoms with Gasteiger partial charge in [-0.15, -0.1) is 0 Å². The molecule has 1 aromatic heterocycles. The summed E-state index contributed by atoms with van der Waals surface area (Å²) in [5.41, 5.74) is -0.0824. The van der Waals surface area contributed by atoms with Crippen molar-refractivity contribution in [1.82, 2.24) is 5.16 Å². The van der Waals surface area contributed by atoms with E-state index in [4.69, 9.17) is 5.11 Å². The van der Waals surface area contributed by atoms with Crippen LogP contribution in [0.15, 0.2) is 4.63 Å². The third-order valence-corrected chi connectivity index (χ3v) is 1.50. The van der Waals surface area contributed by atoms with Gasteiger partial charge in [-0.1, -0.05) is 0 Å². The molecular formula is C5H7N3O5. The average molecular weight is 189 g/mol. The molecular weight excluding hydrogens is 182 g/mol. The van der Waals surface area contributed by atoms with Crippen LogP contribution in [-0.2, 0) is 0 Å². The summed E-state index contributed by atoms with van der Waals surface area (Å²) in [5.74, 6) is 0. The summed E-state index contributed by atoms with van der Waals surface area (Å²) in [4.78, 5) is 9.38. The lowest BCUT2D eigenvalue weighted by atomic mass is 10.2. The van der Waals surface area contributed by atoms with Crippen LogP contribution in [0.3, 0.4) is 0 Å². The van der Waals surface area contributed by atoms with Crippen LogP contribution < -0.4 is 4.90 Å². The van der Waals surface area contributed by atoms with Crippen LogP contribution in [0.25, 0.3) is 0 Å². The third kappa shape index (κ3) is 1.90. The topological polar surface area (TPSA) is 116 Å². The Morgan fingerprint density at radius 2 is 2.46 bits per heavy atom. The predicted octanol–water partition coefficient (Wildman–Crippen LogP) is -1.07. The summed E-state index contributed by atoms with van der Waals surface area (Å²) in [6, 6.07) is 0. The second-order valence-corrected chi connectivity index (χ2v) is 2.43. The molecule has 13 heavy (non-hydrogen) atoms. The SMILES string of the molecule is Cc1c(C(O)C[N+](=O)[O-])no[n+]1[O-]. The van der Waals surface area contributed by atoms with Gasteiger partial charge in [0.15, 0.2) is 11.8 Å². The fourth-order valence-electron chi connectivity index (χ4n) is 0.832. The van der Waals surface area contributed by atoms with Crippen molar-refractivity contribution in [1.29, 1.82) is 0 Å². The van der Waals surface area contributed by atoms with Crippen molar-refractivity contribution in [2.45, 2.75) is 13.0 Å². The highest BCUT2D eigenvalue weighted by molar-refractivity contribution is 5.04. The maximum atomic E-state index is 10.6. The van der Waals surface area contributed by atoms with Crippen molar-refractivity contribution in [3.05, 3.63) is 26.7 Å². The van der Waals surface area contributed by atoms with E-state index in [0.717, 1.165) is 0 Å². The first kappa shape index (κ1) is 9.39. The lowest BCUT2D eigenvalue weighted by Crippen LogP contribution is -2.27. The first-order valence-corrected chi connectivity index (χ1v) is 3.38. The quantitative estimate of drug-likeness (QED) is 0.367. The van der Waals surface area contributed by atoms with E-state index in [0.29, 0.717) is 0 Å². The van der Waals surface area contributed by atoms with Crippen LogP contribution in [-0.4, -0.2) is 21.7 Å². The summed E-state index contributed by atoms with van der Waals surface area (Å²) in [5, 5.41) is 33.0. The third-order valence-electron chi connectivity index (χ3n) is 1.50. The molecule has 0 fully saturated rings. The van der Waals surface area contributed by atoms with Crippen molar-refractivity contribution in [2.24, 2.45) is 0 Å². The molecule has 0 amide bonds. The van der Waals surface area contributed by atoms with E-state index < -0.39 is 17.6 Å². The minimum Gasteiger partial charge on any atom is -0.378 e. The Kier molecular flexibility index (Phi) is 2.42. The van der Waals surface area contributed by atoms with Gasteiger partial charge >= 0.3 is 0 Å². The Balaban J connectivity index is 2.82. The van der Waals surface area contributed by atoms with Crippen LogP contribution in [0.2, 0.25) is 0 Å². The van der Waals surface area contributed by atoms with Crippen LogP contribution >= 0.6 is 0 Å². The highest BCUT2D eigenvalue weighted by Crippen LogP contribution is 2.11. The first-order valence-electron chi connectivity index (χ1n) is 3.38. The van der Waals surface area contributed by atoms with Gasteiger partial charge in [0, 0.05) is 17.0 Å². The fourth-order valence-corrected chi connectivity index (χ4v) is 0.832. The number of hydrogen-bond donors (Lipinski definition) is 1. The Hall–Kier alpha value is -1.70. The van der Waals surface area contributed by atoms with E-state index in [1.807, 2.05) is 0 Å². The monoisotopic (exact) mass is 189 g/mol. The standard InChI is InChI=1S/C5H7N3O5/c1-3-5(6-13-8(3)12)4(9)2-7(10)11/h4,9H,2H2,1H3. The lowest BCUT2D eigenvalue weighted by Gasteiger charge is -1.97. The molecule has 8 nitrogen and oxygen atoms in total. The highest BCUT2D eigenvalue weighted by atomic mass is 16.8. The van der Waals surface area contributed by atoms with Gasteiger partial charge in [0.05, 0.1) is 0 Å². The second-order valence-electron chi connectivity index (χ2n) is 2.43. The molecule has 0 saturated carbocycles. The van der Waals surface area contributed by atoms with Gasteiger partial charge in [-0.05, 0) is 4.90 Å². The van der Waals surface area contributed by atoms with Crippen LogP contribution in [0, 0.1) is 22.2 Å². The van der Waals surface area contributed by atoms with Crippen molar-refractivity contribution < 1.29 is 19.6 Å². The number of aliphatic hydroxyl groups excluding tert-OH is 1. The maximum absolute atomic E-state index is 10.6. The minimum atomic E-state index is -1.41. The number of nitro groups is 1. The van der Waals surface area contributed by atoms with Gasteiger partial charge in [-0.3, -0.25) is 14.7 Å². The molecule has 0 aromatic carbocycles. The van der Waals surface area contributed by atoms with Gasteiger partial charge in [-0.25, -0.2) is 0 Å².